The van der Waals surface area contributed by atoms with Crippen molar-refractivity contribution >= 4 is 23.0 Å². The average molecular weight is 343 g/mol. The van der Waals surface area contributed by atoms with Crippen LogP contribution in [0.1, 0.15) is 44.4 Å². The van der Waals surface area contributed by atoms with Crippen LogP contribution in [0.3, 0.4) is 0 Å². The van der Waals surface area contributed by atoms with E-state index in [4.69, 9.17) is 17.0 Å². The van der Waals surface area contributed by atoms with Gasteiger partial charge in [0.1, 0.15) is 5.75 Å². The first-order valence-electron chi connectivity index (χ1n) is 8.39. The molecule has 2 N–H and O–H groups in total. The molecule has 4 heteroatoms. The van der Waals surface area contributed by atoms with Gasteiger partial charge in [-0.05, 0) is 74.8 Å². The van der Waals surface area contributed by atoms with Gasteiger partial charge in [0.15, 0.2) is 5.11 Å². The molecule has 24 heavy (non-hydrogen) atoms. The lowest BCUT2D eigenvalue weighted by molar-refractivity contribution is 0.242. The van der Waals surface area contributed by atoms with Crippen molar-refractivity contribution < 1.29 is 4.74 Å². The normalized spacial score (nSPS) is 11.9. The maximum Gasteiger partial charge on any atom is 0.171 e. The van der Waals surface area contributed by atoms with Gasteiger partial charge in [0.25, 0.3) is 0 Å². The van der Waals surface area contributed by atoms with Crippen LogP contribution in [0.4, 0.5) is 5.69 Å². The third-order valence-corrected chi connectivity index (χ3v) is 3.98. The standard InChI is InChI=1S/C20H26N2OS/c1-5-19(18-9-7-6-8-15(18)4)22-20(24)21-16-10-12-17(13-11-16)23-14(2)3/h6-14,19H,5H2,1-4H3,(H2,21,22,24)/t19-/m0/s1. The highest BCUT2D eigenvalue weighted by molar-refractivity contribution is 7.80. The summed E-state index contributed by atoms with van der Waals surface area (Å²) in [4.78, 5) is 0. The largest absolute Gasteiger partial charge is 0.491 e. The second-order valence-corrected chi connectivity index (χ2v) is 6.52. The topological polar surface area (TPSA) is 33.3 Å². The number of anilines is 1. The lowest BCUT2D eigenvalue weighted by Crippen LogP contribution is -2.32. The van der Waals surface area contributed by atoms with Crippen molar-refractivity contribution in [2.45, 2.75) is 46.3 Å². The van der Waals surface area contributed by atoms with E-state index < -0.39 is 0 Å². The molecule has 0 saturated carbocycles. The van der Waals surface area contributed by atoms with E-state index in [9.17, 15) is 0 Å². The van der Waals surface area contributed by atoms with Gasteiger partial charge in [-0.25, -0.2) is 0 Å². The Hall–Kier alpha value is -2.07. The van der Waals surface area contributed by atoms with Gasteiger partial charge in [-0.15, -0.1) is 0 Å². The molecule has 0 bridgehead atoms. The Kier molecular flexibility index (Phi) is 6.62. The lowest BCUT2D eigenvalue weighted by atomic mass is 10.00. The summed E-state index contributed by atoms with van der Waals surface area (Å²) in [6.07, 6.45) is 1.14. The fraction of sp³-hybridized carbons (Fsp3) is 0.350. The summed E-state index contributed by atoms with van der Waals surface area (Å²) in [5.74, 6) is 0.862. The predicted molar refractivity (Wildman–Crippen MR) is 106 cm³/mol. The minimum absolute atomic E-state index is 0.172. The maximum atomic E-state index is 5.65. The van der Waals surface area contributed by atoms with Crippen molar-refractivity contribution in [1.29, 1.82) is 0 Å². The Balaban J connectivity index is 1.98. The van der Waals surface area contributed by atoms with Gasteiger partial charge >= 0.3 is 0 Å². The summed E-state index contributed by atoms with van der Waals surface area (Å²) in [6.45, 7) is 8.32. The third-order valence-electron chi connectivity index (χ3n) is 3.76. The maximum absolute atomic E-state index is 5.65. The fourth-order valence-corrected chi connectivity index (χ4v) is 2.85. The molecule has 128 valence electrons. The van der Waals surface area contributed by atoms with Crippen LogP contribution in [0, 0.1) is 6.92 Å². The molecule has 0 aliphatic heterocycles. The van der Waals surface area contributed by atoms with E-state index in [0.717, 1.165) is 17.9 Å². The first-order chi connectivity index (χ1) is 11.5. The van der Waals surface area contributed by atoms with Crippen LogP contribution in [0.2, 0.25) is 0 Å². The van der Waals surface area contributed by atoms with E-state index in [-0.39, 0.29) is 12.1 Å². The van der Waals surface area contributed by atoms with E-state index >= 15 is 0 Å². The Morgan fingerprint density at radius 1 is 1.08 bits per heavy atom. The highest BCUT2D eigenvalue weighted by Gasteiger charge is 2.12. The second kappa shape index (κ2) is 8.69. The first kappa shape index (κ1) is 18.3. The molecule has 0 amide bonds. The smallest absolute Gasteiger partial charge is 0.171 e. The van der Waals surface area contributed by atoms with Gasteiger partial charge in [0, 0.05) is 5.69 Å². The molecular weight excluding hydrogens is 316 g/mol. The van der Waals surface area contributed by atoms with Gasteiger partial charge < -0.3 is 15.4 Å². The number of thiocarbonyl (C=S) groups is 1. The van der Waals surface area contributed by atoms with Crippen LogP contribution in [0.15, 0.2) is 48.5 Å². The number of hydrogen-bond donors (Lipinski definition) is 2. The molecule has 2 rings (SSSR count). The molecule has 0 spiro atoms. The minimum Gasteiger partial charge on any atom is -0.491 e. The average Bonchev–Trinajstić information content (AvgIpc) is 2.55. The summed E-state index contributed by atoms with van der Waals surface area (Å²) < 4.78 is 5.65. The highest BCUT2D eigenvalue weighted by Crippen LogP contribution is 2.21. The van der Waals surface area contributed by atoms with Crippen LogP contribution in [-0.4, -0.2) is 11.2 Å². The van der Waals surface area contributed by atoms with Crippen molar-refractivity contribution in [3.63, 3.8) is 0 Å². The number of benzene rings is 2. The van der Waals surface area contributed by atoms with Crippen LogP contribution in [0.5, 0.6) is 5.75 Å². The number of ether oxygens (including phenoxy) is 1. The second-order valence-electron chi connectivity index (χ2n) is 6.11. The summed E-state index contributed by atoms with van der Waals surface area (Å²) in [5.41, 5.74) is 3.50. The minimum atomic E-state index is 0.172. The van der Waals surface area contributed by atoms with E-state index in [0.29, 0.717) is 5.11 Å². The number of rotatable bonds is 6. The Morgan fingerprint density at radius 2 is 1.75 bits per heavy atom. The van der Waals surface area contributed by atoms with Crippen molar-refractivity contribution in [1.82, 2.24) is 5.32 Å². The molecule has 2 aromatic rings. The van der Waals surface area contributed by atoms with Crippen molar-refractivity contribution in [3.8, 4) is 5.75 Å². The van der Waals surface area contributed by atoms with E-state index in [1.165, 1.54) is 11.1 Å². The van der Waals surface area contributed by atoms with Gasteiger partial charge in [0.2, 0.25) is 0 Å². The van der Waals surface area contributed by atoms with Gasteiger partial charge in [-0.1, -0.05) is 31.2 Å². The van der Waals surface area contributed by atoms with Crippen LogP contribution >= 0.6 is 12.2 Å². The zero-order valence-electron chi connectivity index (χ0n) is 14.8. The molecule has 0 aromatic heterocycles. The fourth-order valence-electron chi connectivity index (χ4n) is 2.59. The molecule has 2 aromatic carbocycles. The first-order valence-corrected chi connectivity index (χ1v) is 8.80. The Labute approximate surface area is 150 Å². The van der Waals surface area contributed by atoms with Gasteiger partial charge in [0.05, 0.1) is 12.1 Å². The summed E-state index contributed by atoms with van der Waals surface area (Å²) in [7, 11) is 0. The van der Waals surface area contributed by atoms with Gasteiger partial charge in [-0.2, -0.15) is 0 Å². The predicted octanol–water partition coefficient (Wildman–Crippen LogP) is 5.22. The number of nitrogens with one attached hydrogen (secondary N) is 2. The van der Waals surface area contributed by atoms with Crippen molar-refractivity contribution in [3.05, 3.63) is 59.7 Å². The summed E-state index contributed by atoms with van der Waals surface area (Å²) in [6, 6.07) is 16.4. The Bertz CT molecular complexity index is 668. The van der Waals surface area contributed by atoms with E-state index in [2.05, 4.69) is 48.7 Å². The lowest BCUT2D eigenvalue weighted by Gasteiger charge is -2.21. The van der Waals surface area contributed by atoms with Crippen molar-refractivity contribution in [2.75, 3.05) is 5.32 Å². The highest BCUT2D eigenvalue weighted by atomic mass is 32.1. The SMILES string of the molecule is CC[C@H](NC(=S)Nc1ccc(OC(C)C)cc1)c1ccccc1C. The number of hydrogen-bond acceptors (Lipinski definition) is 2. The molecular formula is C20H26N2OS. The quantitative estimate of drug-likeness (QED) is 0.705. The third kappa shape index (κ3) is 5.24. The molecule has 0 fully saturated rings. The summed E-state index contributed by atoms with van der Waals surface area (Å²) >= 11 is 5.47. The van der Waals surface area contributed by atoms with E-state index in [1.54, 1.807) is 0 Å². The Morgan fingerprint density at radius 3 is 2.33 bits per heavy atom. The molecule has 0 heterocycles. The van der Waals surface area contributed by atoms with Gasteiger partial charge in [-0.3, -0.25) is 0 Å². The molecule has 1 atom stereocenters. The van der Waals surface area contributed by atoms with E-state index in [1.807, 2.05) is 38.1 Å². The van der Waals surface area contributed by atoms with Crippen molar-refractivity contribution in [2.24, 2.45) is 0 Å². The van der Waals surface area contributed by atoms with Crippen LogP contribution in [-0.2, 0) is 0 Å². The zero-order chi connectivity index (χ0) is 17.5. The summed E-state index contributed by atoms with van der Waals surface area (Å²) in [5, 5.41) is 7.28. The van der Waals surface area contributed by atoms with Crippen LogP contribution < -0.4 is 15.4 Å². The van der Waals surface area contributed by atoms with Crippen LogP contribution in [0.25, 0.3) is 0 Å². The molecule has 0 aliphatic carbocycles. The molecule has 0 radical (unpaired) electrons. The molecule has 0 saturated heterocycles. The molecule has 0 unspecified atom stereocenters. The zero-order valence-corrected chi connectivity index (χ0v) is 15.6. The molecule has 3 nitrogen and oxygen atoms in total. The monoisotopic (exact) mass is 342 g/mol. The number of aryl methyl sites for hydroxylation is 1. The molecule has 0 aliphatic rings.